The van der Waals surface area contributed by atoms with Crippen LogP contribution < -0.4 is 4.74 Å². The first kappa shape index (κ1) is 16.6. The highest BCUT2D eigenvalue weighted by atomic mass is 16.5. The Morgan fingerprint density at radius 2 is 2.04 bits per heavy atom. The molecule has 0 radical (unpaired) electrons. The number of nitrogens with zero attached hydrogens (tertiary/aromatic N) is 3. The molecule has 5 nitrogen and oxygen atoms in total. The second kappa shape index (κ2) is 7.20. The van der Waals surface area contributed by atoms with E-state index in [1.807, 2.05) is 66.7 Å². The lowest BCUT2D eigenvalue weighted by Gasteiger charge is -2.22. The van der Waals surface area contributed by atoms with E-state index in [1.54, 1.807) is 0 Å². The van der Waals surface area contributed by atoms with Gasteiger partial charge in [0.15, 0.2) is 0 Å². The van der Waals surface area contributed by atoms with E-state index >= 15 is 0 Å². The van der Waals surface area contributed by atoms with Crippen LogP contribution in [0.2, 0.25) is 0 Å². The van der Waals surface area contributed by atoms with Crippen molar-refractivity contribution in [3.63, 3.8) is 0 Å². The van der Waals surface area contributed by atoms with Crippen LogP contribution in [0.3, 0.4) is 0 Å². The molecular formula is C21H23N3O2. The quantitative estimate of drug-likeness (QED) is 0.656. The summed E-state index contributed by atoms with van der Waals surface area (Å²) in [6, 6.07) is 14.1. The first-order valence-corrected chi connectivity index (χ1v) is 9.17. The van der Waals surface area contributed by atoms with Crippen LogP contribution in [0.25, 0.3) is 5.65 Å². The van der Waals surface area contributed by atoms with E-state index in [0.29, 0.717) is 25.6 Å². The molecule has 4 rings (SSSR count). The molecule has 0 N–H and O–H groups in total. The molecule has 0 bridgehead atoms. The minimum absolute atomic E-state index is 0.169. The van der Waals surface area contributed by atoms with E-state index in [4.69, 9.17) is 4.74 Å². The molecule has 3 aromatic rings. The minimum atomic E-state index is 0.169. The second-order valence-corrected chi connectivity index (χ2v) is 6.68. The lowest BCUT2D eigenvalue weighted by atomic mass is 10.1. The van der Waals surface area contributed by atoms with Crippen LogP contribution in [0.5, 0.6) is 5.75 Å². The molecule has 0 aliphatic heterocycles. The Kier molecular flexibility index (Phi) is 4.61. The van der Waals surface area contributed by atoms with Gasteiger partial charge in [0.25, 0.3) is 0 Å². The summed E-state index contributed by atoms with van der Waals surface area (Å²) in [6.45, 7) is 3.21. The van der Waals surface area contributed by atoms with Gasteiger partial charge in [0.2, 0.25) is 5.91 Å². The maximum absolute atomic E-state index is 12.9. The maximum Gasteiger partial charge on any atom is 0.227 e. The largest absolute Gasteiger partial charge is 0.494 e. The molecule has 1 amide bonds. The van der Waals surface area contributed by atoms with E-state index in [2.05, 4.69) is 9.38 Å². The Hall–Kier alpha value is -2.82. The number of carbonyl (C=O) groups is 1. The highest BCUT2D eigenvalue weighted by Gasteiger charge is 2.33. The number of aromatic nitrogens is 2. The molecule has 0 spiro atoms. The van der Waals surface area contributed by atoms with Crippen molar-refractivity contribution in [3.8, 4) is 5.75 Å². The summed E-state index contributed by atoms with van der Waals surface area (Å²) in [7, 11) is 0. The highest BCUT2D eigenvalue weighted by Crippen LogP contribution is 2.29. The van der Waals surface area contributed by atoms with Crippen molar-refractivity contribution in [1.82, 2.24) is 14.3 Å². The highest BCUT2D eigenvalue weighted by molar-refractivity contribution is 5.79. The molecule has 5 heteroatoms. The lowest BCUT2D eigenvalue weighted by Crippen LogP contribution is -2.34. The Morgan fingerprint density at radius 3 is 2.77 bits per heavy atom. The molecule has 26 heavy (non-hydrogen) atoms. The zero-order valence-electron chi connectivity index (χ0n) is 15.0. The number of hydrogen-bond donors (Lipinski definition) is 0. The Balaban J connectivity index is 1.48. The molecule has 134 valence electrons. The summed E-state index contributed by atoms with van der Waals surface area (Å²) in [4.78, 5) is 19.4. The van der Waals surface area contributed by atoms with Crippen LogP contribution in [0.1, 0.15) is 31.0 Å². The molecule has 0 atom stereocenters. The molecule has 0 saturated heterocycles. The fourth-order valence-corrected chi connectivity index (χ4v) is 3.23. The molecule has 2 heterocycles. The van der Waals surface area contributed by atoms with Crippen molar-refractivity contribution in [2.24, 2.45) is 0 Å². The van der Waals surface area contributed by atoms with Crippen LogP contribution >= 0.6 is 0 Å². The van der Waals surface area contributed by atoms with E-state index in [0.717, 1.165) is 35.5 Å². The average molecular weight is 349 g/mol. The van der Waals surface area contributed by atoms with Gasteiger partial charge in [0, 0.05) is 12.2 Å². The van der Waals surface area contributed by atoms with Gasteiger partial charge in [-0.15, -0.1) is 0 Å². The van der Waals surface area contributed by atoms with Gasteiger partial charge >= 0.3 is 0 Å². The molecule has 1 saturated carbocycles. The van der Waals surface area contributed by atoms with Crippen LogP contribution in [0, 0.1) is 0 Å². The van der Waals surface area contributed by atoms with Gasteiger partial charge < -0.3 is 14.0 Å². The van der Waals surface area contributed by atoms with E-state index < -0.39 is 0 Å². The summed E-state index contributed by atoms with van der Waals surface area (Å²) < 4.78 is 7.52. The zero-order valence-corrected chi connectivity index (χ0v) is 15.0. The van der Waals surface area contributed by atoms with Gasteiger partial charge in [0.05, 0.1) is 31.5 Å². The standard InChI is InChI=1S/C21H23N3O2/c1-2-26-19-10-6-16(7-11-19)13-21(25)24(17-8-9-17)15-18-14-22-20-5-3-4-12-23(18)20/h3-7,10-12,14,17H,2,8-9,13,15H2,1H3. The summed E-state index contributed by atoms with van der Waals surface area (Å²) in [6.07, 6.45) is 6.46. The zero-order chi connectivity index (χ0) is 17.9. The number of hydrogen-bond acceptors (Lipinski definition) is 3. The molecular weight excluding hydrogens is 326 g/mol. The molecule has 1 fully saturated rings. The average Bonchev–Trinajstić information content (AvgIpc) is 3.42. The van der Waals surface area contributed by atoms with Crippen molar-refractivity contribution in [2.45, 2.75) is 38.8 Å². The first-order chi connectivity index (χ1) is 12.7. The predicted molar refractivity (Wildman–Crippen MR) is 100 cm³/mol. The van der Waals surface area contributed by atoms with Crippen molar-refractivity contribution in [2.75, 3.05) is 6.61 Å². The van der Waals surface area contributed by atoms with Gasteiger partial charge in [-0.25, -0.2) is 4.98 Å². The number of carbonyl (C=O) groups excluding carboxylic acids is 1. The Bertz CT molecular complexity index is 897. The third kappa shape index (κ3) is 3.57. The number of imidazole rings is 1. The van der Waals surface area contributed by atoms with Crippen LogP contribution in [0.4, 0.5) is 0 Å². The fraction of sp³-hybridized carbons (Fsp3) is 0.333. The number of benzene rings is 1. The van der Waals surface area contributed by atoms with Crippen LogP contribution in [-0.4, -0.2) is 32.8 Å². The number of amides is 1. The first-order valence-electron chi connectivity index (χ1n) is 9.17. The van der Waals surface area contributed by atoms with Crippen molar-refractivity contribution < 1.29 is 9.53 Å². The summed E-state index contributed by atoms with van der Waals surface area (Å²) in [5.41, 5.74) is 2.98. The second-order valence-electron chi connectivity index (χ2n) is 6.68. The van der Waals surface area contributed by atoms with Crippen LogP contribution in [0.15, 0.2) is 54.9 Å². The van der Waals surface area contributed by atoms with E-state index in [1.165, 1.54) is 0 Å². The summed E-state index contributed by atoms with van der Waals surface area (Å²) >= 11 is 0. The number of rotatable bonds is 7. The third-order valence-corrected chi connectivity index (χ3v) is 4.72. The lowest BCUT2D eigenvalue weighted by molar-refractivity contribution is -0.131. The number of ether oxygens (including phenoxy) is 1. The van der Waals surface area contributed by atoms with E-state index in [9.17, 15) is 4.79 Å². The van der Waals surface area contributed by atoms with Gasteiger partial charge in [-0.1, -0.05) is 18.2 Å². The normalized spacial score (nSPS) is 13.7. The van der Waals surface area contributed by atoms with Crippen molar-refractivity contribution in [3.05, 3.63) is 66.1 Å². The Labute approximate surface area is 153 Å². The molecule has 2 aromatic heterocycles. The smallest absolute Gasteiger partial charge is 0.227 e. The fourth-order valence-electron chi connectivity index (χ4n) is 3.23. The maximum atomic E-state index is 12.9. The minimum Gasteiger partial charge on any atom is -0.494 e. The Morgan fingerprint density at radius 1 is 1.23 bits per heavy atom. The monoisotopic (exact) mass is 349 g/mol. The van der Waals surface area contributed by atoms with Gasteiger partial charge in [-0.05, 0) is 49.6 Å². The van der Waals surface area contributed by atoms with Gasteiger partial charge in [-0.3, -0.25) is 4.79 Å². The third-order valence-electron chi connectivity index (χ3n) is 4.72. The summed E-state index contributed by atoms with van der Waals surface area (Å²) in [5.74, 6) is 1.01. The van der Waals surface area contributed by atoms with Crippen molar-refractivity contribution in [1.29, 1.82) is 0 Å². The van der Waals surface area contributed by atoms with Gasteiger partial charge in [-0.2, -0.15) is 0 Å². The molecule has 0 unspecified atom stereocenters. The van der Waals surface area contributed by atoms with Crippen molar-refractivity contribution >= 4 is 11.6 Å². The molecule has 1 aliphatic rings. The topological polar surface area (TPSA) is 46.8 Å². The molecule has 1 aliphatic carbocycles. The van der Waals surface area contributed by atoms with E-state index in [-0.39, 0.29) is 5.91 Å². The van der Waals surface area contributed by atoms with Crippen LogP contribution in [-0.2, 0) is 17.8 Å². The number of pyridine rings is 1. The number of fused-ring (bicyclic) bond motifs is 1. The SMILES string of the molecule is CCOc1ccc(CC(=O)N(Cc2cnc3ccccn23)C2CC2)cc1. The predicted octanol–water partition coefficient (Wildman–Crippen LogP) is 3.47. The van der Waals surface area contributed by atoms with Gasteiger partial charge in [0.1, 0.15) is 11.4 Å². The summed E-state index contributed by atoms with van der Waals surface area (Å²) in [5, 5.41) is 0. The molecule has 1 aromatic carbocycles.